The molecule has 3 heteroatoms. The van der Waals surface area contributed by atoms with Crippen LogP contribution in [0.1, 0.15) is 22.3 Å². The van der Waals surface area contributed by atoms with Gasteiger partial charge >= 0.3 is 0 Å². The second-order valence-electron chi connectivity index (χ2n) is 7.28. The van der Waals surface area contributed by atoms with Crippen LogP contribution in [0.25, 0.3) is 0 Å². The molecule has 0 unspecified atom stereocenters. The van der Waals surface area contributed by atoms with E-state index in [2.05, 4.69) is 48.5 Å². The molecule has 0 heterocycles. The first kappa shape index (κ1) is 20.7. The van der Waals surface area contributed by atoms with Crippen LogP contribution in [0.5, 0.6) is 11.5 Å². The molecule has 3 nitrogen and oxygen atoms in total. The molecule has 0 fully saturated rings. The molecule has 0 spiro atoms. The summed E-state index contributed by atoms with van der Waals surface area (Å²) in [4.78, 5) is 0. The first-order chi connectivity index (χ1) is 15.3. The van der Waals surface area contributed by atoms with Crippen molar-refractivity contribution >= 4 is 0 Å². The summed E-state index contributed by atoms with van der Waals surface area (Å²) in [5.74, 6) is 1.62. The van der Waals surface area contributed by atoms with Crippen LogP contribution in [0.15, 0.2) is 109 Å². The number of ether oxygens (including phenoxy) is 3. The molecule has 0 aliphatic heterocycles. The van der Waals surface area contributed by atoms with Crippen molar-refractivity contribution in [1.29, 1.82) is 0 Å². The zero-order chi connectivity index (χ0) is 21.5. The summed E-state index contributed by atoms with van der Waals surface area (Å²) < 4.78 is 17.6. The van der Waals surface area contributed by atoms with Crippen LogP contribution in [0.2, 0.25) is 0 Å². The van der Waals surface area contributed by atoms with Crippen LogP contribution in [0.3, 0.4) is 0 Å². The summed E-state index contributed by atoms with van der Waals surface area (Å²) in [6.07, 6.45) is 0. The van der Waals surface area contributed by atoms with Crippen molar-refractivity contribution in [1.82, 2.24) is 0 Å². The molecular weight excluding hydrogens is 384 g/mol. The maximum absolute atomic E-state index is 6.84. The number of rotatable bonds is 8. The van der Waals surface area contributed by atoms with Crippen LogP contribution in [0, 0.1) is 0 Å². The predicted molar refractivity (Wildman–Crippen MR) is 124 cm³/mol. The van der Waals surface area contributed by atoms with Crippen molar-refractivity contribution in [3.8, 4) is 11.5 Å². The Morgan fingerprint density at radius 3 is 1.39 bits per heavy atom. The van der Waals surface area contributed by atoms with Crippen molar-refractivity contribution in [2.24, 2.45) is 0 Å². The van der Waals surface area contributed by atoms with E-state index in [1.54, 1.807) is 14.2 Å². The van der Waals surface area contributed by atoms with Crippen molar-refractivity contribution in [3.63, 3.8) is 0 Å². The molecule has 4 rings (SSSR count). The normalized spacial score (nSPS) is 11.2. The fourth-order valence-electron chi connectivity index (χ4n) is 3.84. The van der Waals surface area contributed by atoms with Crippen LogP contribution >= 0.6 is 0 Å². The molecule has 0 saturated carbocycles. The fourth-order valence-corrected chi connectivity index (χ4v) is 3.84. The number of hydrogen-bond donors (Lipinski definition) is 0. The third-order valence-corrected chi connectivity index (χ3v) is 5.47. The van der Waals surface area contributed by atoms with Gasteiger partial charge in [-0.15, -0.1) is 0 Å². The average Bonchev–Trinajstić information content (AvgIpc) is 2.86. The van der Waals surface area contributed by atoms with Crippen LogP contribution in [0.4, 0.5) is 0 Å². The minimum absolute atomic E-state index is 0.466. The molecule has 0 saturated heterocycles. The van der Waals surface area contributed by atoms with E-state index in [0.29, 0.717) is 6.61 Å². The van der Waals surface area contributed by atoms with E-state index in [1.165, 1.54) is 0 Å². The highest BCUT2D eigenvalue weighted by Crippen LogP contribution is 2.42. The van der Waals surface area contributed by atoms with Crippen LogP contribution < -0.4 is 9.47 Å². The van der Waals surface area contributed by atoms with Crippen molar-refractivity contribution in [3.05, 3.63) is 131 Å². The summed E-state index contributed by atoms with van der Waals surface area (Å²) in [6, 6.07) is 36.8. The summed E-state index contributed by atoms with van der Waals surface area (Å²) >= 11 is 0. The van der Waals surface area contributed by atoms with E-state index < -0.39 is 5.60 Å². The SMILES string of the molecule is COc1ccc(C(OCc2ccccc2)(c2ccccc2)c2ccc(OC)cc2)cc1. The smallest absolute Gasteiger partial charge is 0.144 e. The molecule has 0 atom stereocenters. The minimum Gasteiger partial charge on any atom is -0.497 e. The second-order valence-corrected chi connectivity index (χ2v) is 7.28. The van der Waals surface area contributed by atoms with E-state index in [4.69, 9.17) is 14.2 Å². The van der Waals surface area contributed by atoms with E-state index in [0.717, 1.165) is 33.8 Å². The van der Waals surface area contributed by atoms with Gasteiger partial charge in [0.2, 0.25) is 0 Å². The lowest BCUT2D eigenvalue weighted by atomic mass is 9.80. The number of methoxy groups -OCH3 is 2. The standard InChI is InChI=1S/C28H26O3/c1-29-26-17-13-24(14-18-26)28(23-11-7-4-8-12-23,25-15-19-27(30-2)20-16-25)31-21-22-9-5-3-6-10-22/h3-20H,21H2,1-2H3. The molecule has 31 heavy (non-hydrogen) atoms. The van der Waals surface area contributed by atoms with Gasteiger partial charge in [-0.3, -0.25) is 0 Å². The predicted octanol–water partition coefficient (Wildman–Crippen LogP) is 6.21. The largest absolute Gasteiger partial charge is 0.497 e. The average molecular weight is 411 g/mol. The Balaban J connectivity index is 1.89. The highest BCUT2D eigenvalue weighted by atomic mass is 16.5. The zero-order valence-electron chi connectivity index (χ0n) is 17.8. The van der Waals surface area contributed by atoms with Gasteiger partial charge in [-0.05, 0) is 46.5 Å². The Morgan fingerprint density at radius 2 is 0.935 bits per heavy atom. The van der Waals surface area contributed by atoms with Crippen LogP contribution in [-0.2, 0) is 16.9 Å². The van der Waals surface area contributed by atoms with Gasteiger partial charge in [-0.25, -0.2) is 0 Å². The maximum Gasteiger partial charge on any atom is 0.144 e. The molecule has 4 aromatic rings. The fraction of sp³-hybridized carbons (Fsp3) is 0.143. The summed E-state index contributed by atoms with van der Waals surface area (Å²) in [6.45, 7) is 0.466. The summed E-state index contributed by atoms with van der Waals surface area (Å²) in [5.41, 5.74) is 3.43. The van der Waals surface area contributed by atoms with Gasteiger partial charge in [0.1, 0.15) is 17.1 Å². The van der Waals surface area contributed by atoms with E-state index in [9.17, 15) is 0 Å². The number of benzene rings is 4. The molecule has 0 aliphatic rings. The van der Waals surface area contributed by atoms with Gasteiger partial charge in [0, 0.05) is 0 Å². The highest BCUT2D eigenvalue weighted by Gasteiger charge is 2.37. The van der Waals surface area contributed by atoms with Gasteiger partial charge in [-0.1, -0.05) is 84.9 Å². The van der Waals surface area contributed by atoms with E-state index in [-0.39, 0.29) is 0 Å². The Labute approximate surface area is 183 Å². The molecule has 0 bridgehead atoms. The highest BCUT2D eigenvalue weighted by molar-refractivity contribution is 5.49. The third kappa shape index (κ3) is 4.32. The quantitative estimate of drug-likeness (QED) is 0.323. The zero-order valence-corrected chi connectivity index (χ0v) is 17.8. The summed E-state index contributed by atoms with van der Waals surface area (Å²) in [7, 11) is 3.35. The maximum atomic E-state index is 6.84. The van der Waals surface area contributed by atoms with Crippen molar-refractivity contribution in [2.45, 2.75) is 12.2 Å². The lowest BCUT2D eigenvalue weighted by Crippen LogP contribution is -2.32. The Bertz CT molecular complexity index is 1030. The molecular formula is C28H26O3. The molecule has 0 radical (unpaired) electrons. The summed E-state index contributed by atoms with van der Waals surface area (Å²) in [5, 5.41) is 0. The first-order valence-corrected chi connectivity index (χ1v) is 10.3. The topological polar surface area (TPSA) is 27.7 Å². The lowest BCUT2D eigenvalue weighted by Gasteiger charge is -2.36. The van der Waals surface area contributed by atoms with Crippen LogP contribution in [-0.4, -0.2) is 14.2 Å². The van der Waals surface area contributed by atoms with E-state index >= 15 is 0 Å². The second kappa shape index (κ2) is 9.50. The van der Waals surface area contributed by atoms with Crippen molar-refractivity contribution < 1.29 is 14.2 Å². The molecule has 0 N–H and O–H groups in total. The van der Waals surface area contributed by atoms with Crippen molar-refractivity contribution in [2.75, 3.05) is 14.2 Å². The van der Waals surface area contributed by atoms with Gasteiger partial charge in [-0.2, -0.15) is 0 Å². The Hall–Kier alpha value is -3.56. The molecule has 4 aromatic carbocycles. The van der Waals surface area contributed by atoms with Gasteiger partial charge in [0.25, 0.3) is 0 Å². The molecule has 156 valence electrons. The third-order valence-electron chi connectivity index (χ3n) is 5.47. The number of hydrogen-bond acceptors (Lipinski definition) is 3. The molecule has 0 aliphatic carbocycles. The Kier molecular flexibility index (Phi) is 6.34. The van der Waals surface area contributed by atoms with Gasteiger partial charge < -0.3 is 14.2 Å². The minimum atomic E-state index is -0.796. The van der Waals surface area contributed by atoms with E-state index in [1.807, 2.05) is 60.7 Å². The Morgan fingerprint density at radius 1 is 0.516 bits per heavy atom. The molecule has 0 aromatic heterocycles. The van der Waals surface area contributed by atoms with Gasteiger partial charge in [0.15, 0.2) is 0 Å². The monoisotopic (exact) mass is 410 g/mol. The lowest BCUT2D eigenvalue weighted by molar-refractivity contribution is 0.000194. The molecule has 0 amide bonds. The van der Waals surface area contributed by atoms with Gasteiger partial charge in [0.05, 0.1) is 20.8 Å². The first-order valence-electron chi connectivity index (χ1n) is 10.3.